The molecule has 0 unspecified atom stereocenters. The molecule has 9 nitrogen and oxygen atoms in total. The highest BCUT2D eigenvalue weighted by molar-refractivity contribution is 7.17. The third-order valence-corrected chi connectivity index (χ3v) is 10.4. The maximum atomic E-state index is 13.5. The molecule has 1 saturated carbocycles. The zero-order valence-corrected chi connectivity index (χ0v) is 25.4. The van der Waals surface area contributed by atoms with E-state index in [2.05, 4.69) is 45.6 Å². The summed E-state index contributed by atoms with van der Waals surface area (Å²) in [5.74, 6) is 1.03. The average molecular weight is 608 g/mol. The van der Waals surface area contributed by atoms with Crippen molar-refractivity contribution in [3.63, 3.8) is 0 Å². The number of aryl methyl sites for hydroxylation is 1. The summed E-state index contributed by atoms with van der Waals surface area (Å²) in [6.45, 7) is 6.88. The van der Waals surface area contributed by atoms with Crippen LogP contribution in [-0.4, -0.2) is 68.6 Å². The Morgan fingerprint density at radius 3 is 2.57 bits per heavy atom. The molecule has 2 N–H and O–H groups in total. The first-order chi connectivity index (χ1) is 20.4. The van der Waals surface area contributed by atoms with E-state index in [0.717, 1.165) is 61.7 Å². The number of imidazole rings is 1. The zero-order valence-electron chi connectivity index (χ0n) is 23.8. The number of rotatable bonds is 10. The number of anilines is 2. The monoisotopic (exact) mass is 607 g/mol. The minimum atomic E-state index is -0.375. The minimum Gasteiger partial charge on any atom is -0.394 e. The summed E-state index contributed by atoms with van der Waals surface area (Å²) in [7, 11) is 0. The Morgan fingerprint density at radius 2 is 1.95 bits per heavy atom. The molecule has 2 aliphatic rings. The third-order valence-electron chi connectivity index (χ3n) is 8.28. The van der Waals surface area contributed by atoms with Gasteiger partial charge in [0.25, 0.3) is 0 Å². The summed E-state index contributed by atoms with van der Waals surface area (Å²) >= 11 is 3.05. The minimum absolute atomic E-state index is 0.00434. The smallest absolute Gasteiger partial charge is 0.234 e. The van der Waals surface area contributed by atoms with Crippen molar-refractivity contribution in [2.45, 2.75) is 57.4 Å². The van der Waals surface area contributed by atoms with Crippen molar-refractivity contribution < 1.29 is 14.3 Å². The van der Waals surface area contributed by atoms with Gasteiger partial charge >= 0.3 is 0 Å². The van der Waals surface area contributed by atoms with Gasteiger partial charge in [-0.15, -0.1) is 11.3 Å². The lowest BCUT2D eigenvalue weighted by molar-refractivity contribution is -0.123. The van der Waals surface area contributed by atoms with E-state index in [1.54, 1.807) is 23.5 Å². The van der Waals surface area contributed by atoms with Crippen LogP contribution in [0, 0.1) is 17.1 Å². The number of hydrogen-bond acceptors (Lipinski definition) is 9. The lowest BCUT2D eigenvalue weighted by Gasteiger charge is -2.31. The number of fused-ring (bicyclic) bond motifs is 1. The fourth-order valence-electron chi connectivity index (χ4n) is 5.67. The Balaban J connectivity index is 1.21. The number of nitrogens with zero attached hydrogens (tertiary/aromatic N) is 6. The van der Waals surface area contributed by atoms with Crippen LogP contribution in [0.5, 0.6) is 0 Å². The van der Waals surface area contributed by atoms with Crippen molar-refractivity contribution in [1.82, 2.24) is 24.6 Å². The van der Waals surface area contributed by atoms with Gasteiger partial charge in [-0.25, -0.2) is 14.4 Å². The van der Waals surface area contributed by atoms with Crippen molar-refractivity contribution in [2.75, 3.05) is 37.7 Å². The Kier molecular flexibility index (Phi) is 8.02. The van der Waals surface area contributed by atoms with Gasteiger partial charge in [-0.05, 0) is 82.3 Å². The second-order valence-electron chi connectivity index (χ2n) is 11.1. The van der Waals surface area contributed by atoms with Crippen LogP contribution >= 0.6 is 22.7 Å². The number of hydrogen-bond donors (Lipinski definition) is 2. The molecule has 1 saturated heterocycles. The van der Waals surface area contributed by atoms with Gasteiger partial charge in [0.15, 0.2) is 10.1 Å². The topological polar surface area (TPSA) is 110 Å². The number of benzene rings is 1. The molecule has 4 heterocycles. The van der Waals surface area contributed by atoms with E-state index < -0.39 is 0 Å². The molecule has 1 amide bonds. The van der Waals surface area contributed by atoms with E-state index in [-0.39, 0.29) is 23.9 Å². The molecular formula is C30H34FN7O2S2. The largest absolute Gasteiger partial charge is 0.394 e. The van der Waals surface area contributed by atoms with Crippen LogP contribution in [0.3, 0.4) is 0 Å². The molecule has 0 atom stereocenters. The summed E-state index contributed by atoms with van der Waals surface area (Å²) in [5, 5.41) is 23.1. The summed E-state index contributed by atoms with van der Waals surface area (Å²) in [5.41, 5.74) is 1.87. The molecule has 0 spiro atoms. The highest BCUT2D eigenvalue weighted by Gasteiger charge is 2.43. The van der Waals surface area contributed by atoms with E-state index in [4.69, 9.17) is 9.97 Å². The molecule has 4 aromatic rings. The van der Waals surface area contributed by atoms with Gasteiger partial charge < -0.3 is 15.3 Å². The van der Waals surface area contributed by atoms with E-state index >= 15 is 0 Å². The number of aliphatic hydroxyl groups is 1. The quantitative estimate of drug-likeness (QED) is 0.259. The highest BCUT2D eigenvalue weighted by Crippen LogP contribution is 2.41. The van der Waals surface area contributed by atoms with E-state index in [1.165, 1.54) is 28.3 Å². The van der Waals surface area contributed by atoms with E-state index in [1.807, 2.05) is 0 Å². The molecule has 1 aliphatic heterocycles. The lowest BCUT2D eigenvalue weighted by Crippen LogP contribution is -2.46. The van der Waals surface area contributed by atoms with E-state index in [0.29, 0.717) is 40.3 Å². The number of aromatic nitrogens is 3. The summed E-state index contributed by atoms with van der Waals surface area (Å²) in [4.78, 5) is 29.4. The number of nitriles is 1. The van der Waals surface area contributed by atoms with Crippen LogP contribution in [-0.2, 0) is 11.2 Å². The van der Waals surface area contributed by atoms with Crippen LogP contribution < -0.4 is 10.2 Å². The number of thiazole rings is 2. The van der Waals surface area contributed by atoms with Crippen molar-refractivity contribution in [2.24, 2.45) is 0 Å². The number of amides is 1. The van der Waals surface area contributed by atoms with Gasteiger partial charge in [0.2, 0.25) is 5.91 Å². The summed E-state index contributed by atoms with van der Waals surface area (Å²) in [6, 6.07) is 8.35. The van der Waals surface area contributed by atoms with Crippen molar-refractivity contribution in [3.05, 3.63) is 51.7 Å². The second kappa shape index (κ2) is 11.7. The van der Waals surface area contributed by atoms with Crippen molar-refractivity contribution in [1.29, 1.82) is 5.26 Å². The number of carbonyl (C=O) groups is 1. The molecule has 6 rings (SSSR count). The first-order valence-electron chi connectivity index (χ1n) is 14.5. The number of carbonyl (C=O) groups excluding carboxylic acids is 1. The second-order valence-corrected chi connectivity index (χ2v) is 13.1. The van der Waals surface area contributed by atoms with Gasteiger partial charge in [0.1, 0.15) is 28.3 Å². The van der Waals surface area contributed by atoms with Crippen LogP contribution in [0.25, 0.3) is 16.2 Å². The van der Waals surface area contributed by atoms with Crippen molar-refractivity contribution >= 4 is 44.5 Å². The standard InChI is InChI=1S/C30H34FN7O2S2/c1-3-22-27(37(4-2)29-34-26(23(15-32)41-29)20-5-7-21(31)8-6-20)38-16-24(42-28(38)33-22)19-9-13-36(14-10-19)17-25(40)35-30(18-39)11-12-30/h5-8,16,19,39H,3-4,9-14,17-18H2,1-2H3,(H,35,40). The number of nitrogens with one attached hydrogen (secondary N) is 1. The molecule has 0 radical (unpaired) electrons. The third kappa shape index (κ3) is 5.54. The molecular weight excluding hydrogens is 574 g/mol. The number of piperidine rings is 1. The van der Waals surface area contributed by atoms with Gasteiger partial charge in [0.05, 0.1) is 24.4 Å². The molecule has 220 valence electrons. The summed E-state index contributed by atoms with van der Waals surface area (Å²) < 4.78 is 15.7. The lowest BCUT2D eigenvalue weighted by atomic mass is 9.96. The highest BCUT2D eigenvalue weighted by atomic mass is 32.1. The Bertz CT molecular complexity index is 1630. The van der Waals surface area contributed by atoms with Crippen LogP contribution in [0.4, 0.5) is 15.3 Å². The van der Waals surface area contributed by atoms with Gasteiger partial charge in [0, 0.05) is 23.2 Å². The fraction of sp³-hybridized carbons (Fsp3) is 0.467. The van der Waals surface area contributed by atoms with Gasteiger partial charge in [-0.2, -0.15) is 5.26 Å². The van der Waals surface area contributed by atoms with Crippen LogP contribution in [0.1, 0.15) is 60.9 Å². The fourth-order valence-corrected chi connectivity index (χ4v) is 7.79. The Morgan fingerprint density at radius 1 is 1.21 bits per heavy atom. The van der Waals surface area contributed by atoms with Gasteiger partial charge in [-0.1, -0.05) is 18.3 Å². The molecule has 0 bridgehead atoms. The molecule has 2 fully saturated rings. The normalized spacial score (nSPS) is 16.9. The Hall–Kier alpha value is -3.37. The Labute approximate surface area is 252 Å². The molecule has 12 heteroatoms. The maximum absolute atomic E-state index is 13.5. The summed E-state index contributed by atoms with van der Waals surface area (Å²) in [6.07, 6.45) is 6.60. The maximum Gasteiger partial charge on any atom is 0.234 e. The molecule has 42 heavy (non-hydrogen) atoms. The predicted octanol–water partition coefficient (Wildman–Crippen LogP) is 5.07. The number of halogens is 1. The zero-order chi connectivity index (χ0) is 29.4. The number of aliphatic hydroxyl groups excluding tert-OH is 1. The molecule has 1 aliphatic carbocycles. The van der Waals surface area contributed by atoms with Crippen molar-refractivity contribution in [3.8, 4) is 17.3 Å². The average Bonchev–Trinajstić information content (AvgIpc) is 3.30. The molecule has 1 aromatic carbocycles. The van der Waals surface area contributed by atoms with E-state index in [9.17, 15) is 19.6 Å². The van der Waals surface area contributed by atoms with Crippen LogP contribution in [0.2, 0.25) is 0 Å². The first kappa shape index (κ1) is 28.7. The first-order valence-corrected chi connectivity index (χ1v) is 16.1. The van der Waals surface area contributed by atoms with Crippen LogP contribution in [0.15, 0.2) is 30.5 Å². The molecule has 3 aromatic heterocycles. The predicted molar refractivity (Wildman–Crippen MR) is 163 cm³/mol. The SMILES string of the molecule is CCc1nc2sc(C3CCN(CC(=O)NC4(CO)CC4)CC3)cn2c1N(CC)c1nc(-c2ccc(F)cc2)c(C#N)s1. The van der Waals surface area contributed by atoms with Gasteiger partial charge in [-0.3, -0.25) is 14.1 Å². The number of likely N-dealkylation sites (tertiary alicyclic amines) is 1.